The maximum Gasteiger partial charge on any atom is 0.250 e. The molecule has 0 aliphatic rings. The number of amides is 1. The number of fused-ring (bicyclic) bond motifs is 2. The predicted octanol–water partition coefficient (Wildman–Crippen LogP) is 5.08. The largest absolute Gasteiger partial charge is 0.272 e. The molecule has 25 heavy (non-hydrogen) atoms. The maximum atomic E-state index is 12.4. The third-order valence-corrected chi connectivity index (χ3v) is 4.35. The van der Waals surface area contributed by atoms with E-state index < -0.39 is 0 Å². The van der Waals surface area contributed by atoms with Crippen LogP contribution in [0.2, 0.25) is 0 Å². The average Bonchev–Trinajstić information content (AvgIpc) is 2.60. The molecule has 130 valence electrons. The quantitative estimate of drug-likeness (QED) is 0.351. The lowest BCUT2D eigenvalue weighted by molar-refractivity contribution is -0.124. The van der Waals surface area contributed by atoms with Gasteiger partial charge in [0, 0.05) is 22.6 Å². The van der Waals surface area contributed by atoms with E-state index in [0.29, 0.717) is 12.1 Å². The highest BCUT2D eigenvalue weighted by atomic mass is 35.5. The first-order chi connectivity index (χ1) is 12.1. The van der Waals surface area contributed by atoms with Gasteiger partial charge in [0.2, 0.25) is 0 Å². The molecule has 4 nitrogen and oxygen atoms in total. The molecule has 0 radical (unpaired) electrons. The van der Waals surface area contributed by atoms with Crippen molar-refractivity contribution < 1.29 is 9.63 Å². The summed E-state index contributed by atoms with van der Waals surface area (Å²) < 4.78 is 0. The number of hydroxylamine groups is 1. The fourth-order valence-corrected chi connectivity index (χ4v) is 3.04. The molecule has 0 saturated heterocycles. The van der Waals surface area contributed by atoms with E-state index >= 15 is 0 Å². The number of hydrogen-bond donors (Lipinski definition) is 0. The van der Waals surface area contributed by atoms with Gasteiger partial charge in [-0.25, -0.2) is 4.98 Å². The van der Waals surface area contributed by atoms with E-state index in [-0.39, 0.29) is 11.3 Å². The number of hydrogen-bond acceptors (Lipinski definition) is 3. The highest BCUT2D eigenvalue weighted by Crippen LogP contribution is 2.25. The van der Waals surface area contributed by atoms with E-state index in [1.807, 2.05) is 49.4 Å². The monoisotopic (exact) mass is 356 g/mol. The van der Waals surface area contributed by atoms with Crippen LogP contribution >= 0.6 is 11.6 Å². The number of aromatic nitrogens is 1. The third kappa shape index (κ3) is 4.09. The van der Waals surface area contributed by atoms with Crippen LogP contribution in [0.4, 0.5) is 5.69 Å². The van der Waals surface area contributed by atoms with Crippen molar-refractivity contribution in [3.63, 3.8) is 0 Å². The molecule has 1 unspecified atom stereocenters. The summed E-state index contributed by atoms with van der Waals surface area (Å²) in [5, 5.41) is 3.45. The first kappa shape index (κ1) is 17.6. The normalized spacial score (nSPS) is 12.4. The number of anilines is 1. The van der Waals surface area contributed by atoms with Crippen LogP contribution in [0, 0.1) is 0 Å². The van der Waals surface area contributed by atoms with E-state index in [1.54, 1.807) is 0 Å². The molecular formula is C20H21ClN2O2. The first-order valence-electron chi connectivity index (χ1n) is 8.39. The SMILES string of the molecule is CON(C(=O)CCCC(C)Cl)c1ccc2nc3ccccc3cc2c1. The summed E-state index contributed by atoms with van der Waals surface area (Å²) in [6.07, 6.45) is 1.94. The van der Waals surface area contributed by atoms with E-state index in [0.717, 1.165) is 34.6 Å². The third-order valence-electron chi connectivity index (χ3n) is 4.14. The smallest absolute Gasteiger partial charge is 0.250 e. The van der Waals surface area contributed by atoms with Crippen molar-refractivity contribution in [2.45, 2.75) is 31.6 Å². The number of rotatable bonds is 6. The number of carbonyl (C=O) groups excluding carboxylic acids is 1. The Morgan fingerprint density at radius 1 is 1.16 bits per heavy atom. The van der Waals surface area contributed by atoms with Gasteiger partial charge in [0.1, 0.15) is 0 Å². The molecule has 1 aromatic heterocycles. The van der Waals surface area contributed by atoms with Crippen molar-refractivity contribution in [2.24, 2.45) is 0 Å². The minimum absolute atomic E-state index is 0.0730. The topological polar surface area (TPSA) is 42.4 Å². The van der Waals surface area contributed by atoms with Crippen molar-refractivity contribution >= 4 is 45.0 Å². The Balaban J connectivity index is 1.87. The van der Waals surface area contributed by atoms with Crippen LogP contribution in [0.15, 0.2) is 48.5 Å². The number of carbonyl (C=O) groups is 1. The van der Waals surface area contributed by atoms with E-state index in [1.165, 1.54) is 12.2 Å². The number of alkyl halides is 1. The van der Waals surface area contributed by atoms with E-state index in [2.05, 4.69) is 11.1 Å². The average molecular weight is 357 g/mol. The molecule has 1 amide bonds. The standard InChI is InChI=1S/C20H21ClN2O2/c1-14(21)6-5-9-20(24)23(25-2)17-10-11-19-16(13-17)12-15-7-3-4-8-18(15)22-19/h3-4,7-8,10-14H,5-6,9H2,1-2H3. The van der Waals surface area contributed by atoms with Crippen molar-refractivity contribution in [3.8, 4) is 0 Å². The summed E-state index contributed by atoms with van der Waals surface area (Å²) in [5.41, 5.74) is 2.55. The highest BCUT2D eigenvalue weighted by molar-refractivity contribution is 6.20. The first-order valence-corrected chi connectivity index (χ1v) is 8.83. The second-order valence-corrected chi connectivity index (χ2v) is 6.85. The number of halogens is 1. The van der Waals surface area contributed by atoms with Crippen LogP contribution in [0.1, 0.15) is 26.2 Å². The summed E-state index contributed by atoms with van der Waals surface area (Å²) >= 11 is 5.94. The Labute approximate surface area is 152 Å². The van der Waals surface area contributed by atoms with E-state index in [4.69, 9.17) is 16.4 Å². The van der Waals surface area contributed by atoms with Crippen LogP contribution < -0.4 is 5.06 Å². The Kier molecular flexibility index (Phi) is 5.51. The van der Waals surface area contributed by atoms with Gasteiger partial charge >= 0.3 is 0 Å². The molecule has 3 aromatic rings. The Morgan fingerprint density at radius 3 is 2.68 bits per heavy atom. The zero-order valence-electron chi connectivity index (χ0n) is 14.4. The Hall–Kier alpha value is -2.17. The second-order valence-electron chi connectivity index (χ2n) is 6.10. The lowest BCUT2D eigenvalue weighted by Crippen LogP contribution is -2.29. The summed E-state index contributed by atoms with van der Waals surface area (Å²) in [6, 6.07) is 15.8. The van der Waals surface area contributed by atoms with Crippen LogP contribution in [0.25, 0.3) is 21.8 Å². The number of para-hydroxylation sites is 1. The molecule has 0 bridgehead atoms. The van der Waals surface area contributed by atoms with Crippen molar-refractivity contribution in [1.82, 2.24) is 4.98 Å². The van der Waals surface area contributed by atoms with Crippen LogP contribution in [-0.2, 0) is 9.63 Å². The molecule has 0 aliphatic heterocycles. The molecule has 0 aliphatic carbocycles. The maximum absolute atomic E-state index is 12.4. The van der Waals surface area contributed by atoms with Crippen LogP contribution in [-0.4, -0.2) is 23.4 Å². The predicted molar refractivity (Wildman–Crippen MR) is 103 cm³/mol. The molecular weight excluding hydrogens is 336 g/mol. The van der Waals surface area contributed by atoms with Gasteiger partial charge in [0.05, 0.1) is 23.8 Å². The van der Waals surface area contributed by atoms with Crippen molar-refractivity contribution in [2.75, 3.05) is 12.2 Å². The Morgan fingerprint density at radius 2 is 1.92 bits per heavy atom. The van der Waals surface area contributed by atoms with Gasteiger partial charge in [-0.05, 0) is 50.1 Å². The second kappa shape index (κ2) is 7.81. The fraction of sp³-hybridized carbons (Fsp3) is 0.300. The van der Waals surface area contributed by atoms with Crippen molar-refractivity contribution in [1.29, 1.82) is 0 Å². The lowest BCUT2D eigenvalue weighted by Gasteiger charge is -2.20. The van der Waals surface area contributed by atoms with Gasteiger partial charge in [-0.2, -0.15) is 5.06 Å². The Bertz CT molecular complexity index is 895. The van der Waals surface area contributed by atoms with Gasteiger partial charge in [-0.15, -0.1) is 11.6 Å². The number of nitrogens with zero attached hydrogens (tertiary/aromatic N) is 2. The molecule has 0 spiro atoms. The minimum atomic E-state index is -0.0760. The van der Waals surface area contributed by atoms with Gasteiger partial charge in [-0.1, -0.05) is 18.2 Å². The molecule has 1 atom stereocenters. The summed E-state index contributed by atoms with van der Waals surface area (Å²) in [5.74, 6) is -0.0760. The number of pyridine rings is 1. The van der Waals surface area contributed by atoms with Crippen LogP contribution in [0.3, 0.4) is 0 Å². The summed E-state index contributed by atoms with van der Waals surface area (Å²) in [7, 11) is 1.50. The molecule has 5 heteroatoms. The molecule has 0 saturated carbocycles. The number of benzene rings is 2. The summed E-state index contributed by atoms with van der Waals surface area (Å²) in [6.45, 7) is 1.93. The van der Waals surface area contributed by atoms with Crippen molar-refractivity contribution in [3.05, 3.63) is 48.5 Å². The summed E-state index contributed by atoms with van der Waals surface area (Å²) in [4.78, 5) is 22.4. The minimum Gasteiger partial charge on any atom is -0.272 e. The molecule has 3 rings (SSSR count). The highest BCUT2D eigenvalue weighted by Gasteiger charge is 2.16. The zero-order chi connectivity index (χ0) is 17.8. The van der Waals surface area contributed by atoms with Gasteiger partial charge in [0.25, 0.3) is 5.91 Å². The van der Waals surface area contributed by atoms with Crippen LogP contribution in [0.5, 0.6) is 0 Å². The van der Waals surface area contributed by atoms with Gasteiger partial charge < -0.3 is 0 Å². The zero-order valence-corrected chi connectivity index (χ0v) is 15.2. The molecule has 0 fully saturated rings. The fourth-order valence-electron chi connectivity index (χ4n) is 2.88. The molecule has 0 N–H and O–H groups in total. The van der Waals surface area contributed by atoms with Gasteiger partial charge in [-0.3, -0.25) is 9.63 Å². The van der Waals surface area contributed by atoms with Gasteiger partial charge in [0.15, 0.2) is 0 Å². The molecule has 2 aromatic carbocycles. The van der Waals surface area contributed by atoms with E-state index in [9.17, 15) is 4.79 Å². The lowest BCUT2D eigenvalue weighted by atomic mass is 10.1. The molecule has 1 heterocycles.